The first-order valence-electron chi connectivity index (χ1n) is 7.39. The molecule has 0 spiro atoms. The Balaban J connectivity index is 2.08. The van der Waals surface area contributed by atoms with Gasteiger partial charge in [-0.05, 0) is 38.9 Å². The van der Waals surface area contributed by atoms with E-state index in [0.29, 0.717) is 18.9 Å². The normalized spacial score (nSPS) is 19.8. The molecular weight excluding hydrogens is 290 g/mol. The Morgan fingerprint density at radius 3 is 3.00 bits per heavy atom. The molecule has 0 aliphatic carbocycles. The van der Waals surface area contributed by atoms with Gasteiger partial charge < -0.3 is 4.74 Å². The van der Waals surface area contributed by atoms with Gasteiger partial charge in [0, 0.05) is 18.8 Å². The molecule has 1 fully saturated rings. The van der Waals surface area contributed by atoms with Crippen LogP contribution in [0.1, 0.15) is 26.7 Å². The molecule has 1 aromatic heterocycles. The fraction of sp³-hybridized carbons (Fsp3) is 0.643. The summed E-state index contributed by atoms with van der Waals surface area (Å²) in [4.78, 5) is 6.30. The first-order valence-corrected chi connectivity index (χ1v) is 8.87. The number of rotatable bonds is 7. The topological polar surface area (TPSA) is 71.5 Å². The molecule has 0 radical (unpaired) electrons. The number of hydrogen-bond acceptors (Lipinski definition) is 5. The number of pyridine rings is 1. The molecule has 0 amide bonds. The van der Waals surface area contributed by atoms with Crippen LogP contribution in [0.15, 0.2) is 23.4 Å². The van der Waals surface area contributed by atoms with Gasteiger partial charge in [-0.15, -0.1) is 0 Å². The van der Waals surface area contributed by atoms with E-state index in [1.807, 2.05) is 6.92 Å². The summed E-state index contributed by atoms with van der Waals surface area (Å²) in [5.41, 5.74) is 0. The van der Waals surface area contributed by atoms with Crippen molar-refractivity contribution in [1.82, 2.24) is 14.6 Å². The average Bonchev–Trinajstić information content (AvgIpc) is 2.93. The van der Waals surface area contributed by atoms with Crippen molar-refractivity contribution in [2.24, 2.45) is 0 Å². The highest BCUT2D eigenvalue weighted by Gasteiger charge is 2.26. The lowest BCUT2D eigenvalue weighted by Crippen LogP contribution is -2.40. The minimum atomic E-state index is -3.60. The largest absolute Gasteiger partial charge is 0.492 e. The van der Waals surface area contributed by atoms with Crippen LogP contribution in [-0.2, 0) is 10.0 Å². The van der Waals surface area contributed by atoms with Crippen molar-refractivity contribution in [2.75, 3.05) is 26.2 Å². The van der Waals surface area contributed by atoms with Crippen LogP contribution in [0.3, 0.4) is 0 Å². The van der Waals surface area contributed by atoms with Crippen molar-refractivity contribution in [3.63, 3.8) is 0 Å². The van der Waals surface area contributed by atoms with Crippen molar-refractivity contribution < 1.29 is 13.2 Å². The van der Waals surface area contributed by atoms with Crippen LogP contribution in [0.25, 0.3) is 0 Å². The summed E-state index contributed by atoms with van der Waals surface area (Å²) in [5, 5.41) is 0. The van der Waals surface area contributed by atoms with E-state index in [-0.39, 0.29) is 10.9 Å². The molecule has 0 aromatic carbocycles. The second-order valence-electron chi connectivity index (χ2n) is 5.03. The van der Waals surface area contributed by atoms with Gasteiger partial charge in [-0.1, -0.05) is 6.92 Å². The molecule has 1 aromatic rings. The van der Waals surface area contributed by atoms with E-state index in [0.717, 1.165) is 25.9 Å². The summed E-state index contributed by atoms with van der Waals surface area (Å²) < 4.78 is 32.9. The molecule has 21 heavy (non-hydrogen) atoms. The molecule has 1 unspecified atom stereocenters. The number of aromatic nitrogens is 1. The molecule has 6 nitrogen and oxygen atoms in total. The van der Waals surface area contributed by atoms with Gasteiger partial charge >= 0.3 is 0 Å². The zero-order chi connectivity index (χ0) is 15.3. The van der Waals surface area contributed by atoms with Gasteiger partial charge in [-0.3, -0.25) is 9.88 Å². The van der Waals surface area contributed by atoms with Crippen LogP contribution in [-0.4, -0.2) is 50.6 Å². The lowest BCUT2D eigenvalue weighted by molar-refractivity contribution is 0.268. The number of nitrogens with zero attached hydrogens (tertiary/aromatic N) is 2. The summed E-state index contributed by atoms with van der Waals surface area (Å²) in [6.07, 6.45) is 5.01. The smallest absolute Gasteiger partial charge is 0.245 e. The van der Waals surface area contributed by atoms with Gasteiger partial charge in [0.15, 0.2) is 0 Å². The van der Waals surface area contributed by atoms with Gasteiger partial charge in [0.25, 0.3) is 0 Å². The molecule has 1 atom stereocenters. The van der Waals surface area contributed by atoms with Crippen molar-refractivity contribution in [2.45, 2.75) is 37.6 Å². The average molecular weight is 313 g/mol. The summed E-state index contributed by atoms with van der Waals surface area (Å²) in [6.45, 7) is 6.75. The zero-order valence-corrected chi connectivity index (χ0v) is 13.4. The highest BCUT2D eigenvalue weighted by Crippen LogP contribution is 2.22. The number of likely N-dealkylation sites (N-methyl/N-ethyl adjacent to an activating group) is 1. The molecular formula is C14H23N3O3S. The van der Waals surface area contributed by atoms with Crippen LogP contribution in [0.4, 0.5) is 0 Å². The Kier molecular flexibility index (Phi) is 5.55. The van der Waals surface area contributed by atoms with Crippen LogP contribution in [0.2, 0.25) is 0 Å². The van der Waals surface area contributed by atoms with E-state index < -0.39 is 10.0 Å². The third-order valence-electron chi connectivity index (χ3n) is 3.75. The molecule has 7 heteroatoms. The number of nitrogens with one attached hydrogen (secondary N) is 1. The van der Waals surface area contributed by atoms with E-state index in [4.69, 9.17) is 4.74 Å². The maximum absolute atomic E-state index is 12.4. The quantitative estimate of drug-likeness (QED) is 0.820. The summed E-state index contributed by atoms with van der Waals surface area (Å²) in [7, 11) is -3.60. The number of hydrogen-bond donors (Lipinski definition) is 1. The summed E-state index contributed by atoms with van der Waals surface area (Å²) in [5.74, 6) is 0.346. The second kappa shape index (κ2) is 7.20. The SMILES string of the molecule is CCOc1ccncc1S(=O)(=O)NCC1CCCN1CC. The highest BCUT2D eigenvalue weighted by molar-refractivity contribution is 7.89. The Bertz CT molecular complexity index is 562. The fourth-order valence-corrected chi connectivity index (χ4v) is 3.83. The first kappa shape index (κ1) is 16.2. The van der Waals surface area contributed by atoms with Crippen molar-refractivity contribution in [3.05, 3.63) is 18.5 Å². The van der Waals surface area contributed by atoms with Gasteiger partial charge in [0.2, 0.25) is 10.0 Å². The Morgan fingerprint density at radius 2 is 2.29 bits per heavy atom. The lowest BCUT2D eigenvalue weighted by atomic mass is 10.2. The van der Waals surface area contributed by atoms with Crippen molar-refractivity contribution in [1.29, 1.82) is 0 Å². The van der Waals surface area contributed by atoms with Gasteiger partial charge in [-0.25, -0.2) is 13.1 Å². The predicted octanol–water partition coefficient (Wildman–Crippen LogP) is 1.24. The van der Waals surface area contributed by atoms with E-state index in [1.165, 1.54) is 12.4 Å². The van der Waals surface area contributed by atoms with Crippen molar-refractivity contribution in [3.8, 4) is 5.75 Å². The number of likely N-dealkylation sites (tertiary alicyclic amines) is 1. The first-order chi connectivity index (χ1) is 10.1. The van der Waals surface area contributed by atoms with Gasteiger partial charge in [0.05, 0.1) is 12.8 Å². The number of ether oxygens (including phenoxy) is 1. The molecule has 1 N–H and O–H groups in total. The zero-order valence-electron chi connectivity index (χ0n) is 12.6. The summed E-state index contributed by atoms with van der Waals surface area (Å²) >= 11 is 0. The maximum Gasteiger partial charge on any atom is 0.245 e. The molecule has 2 rings (SSSR count). The van der Waals surface area contributed by atoms with E-state index >= 15 is 0 Å². The standard InChI is InChI=1S/C14H23N3O3S/c1-3-17-9-5-6-12(17)10-16-21(18,19)14-11-15-8-7-13(14)20-4-2/h7-8,11-12,16H,3-6,9-10H2,1-2H3. The second-order valence-corrected chi connectivity index (χ2v) is 6.77. The highest BCUT2D eigenvalue weighted by atomic mass is 32.2. The lowest BCUT2D eigenvalue weighted by Gasteiger charge is -2.23. The molecule has 0 bridgehead atoms. The van der Waals surface area contributed by atoms with Gasteiger partial charge in [-0.2, -0.15) is 0 Å². The van der Waals surface area contributed by atoms with Gasteiger partial charge in [0.1, 0.15) is 10.6 Å². The summed E-state index contributed by atoms with van der Waals surface area (Å²) in [6, 6.07) is 1.85. The van der Waals surface area contributed by atoms with Crippen LogP contribution < -0.4 is 9.46 Å². The van der Waals surface area contributed by atoms with E-state index in [1.54, 1.807) is 6.07 Å². The van der Waals surface area contributed by atoms with Crippen LogP contribution >= 0.6 is 0 Å². The Labute approximate surface area is 126 Å². The molecule has 118 valence electrons. The van der Waals surface area contributed by atoms with Crippen LogP contribution in [0.5, 0.6) is 5.75 Å². The third-order valence-corrected chi connectivity index (χ3v) is 5.18. The molecule has 1 aliphatic heterocycles. The molecule has 2 heterocycles. The molecule has 1 saturated heterocycles. The number of sulfonamides is 1. The third kappa shape index (κ3) is 3.93. The Hall–Kier alpha value is -1.18. The fourth-order valence-electron chi connectivity index (χ4n) is 2.67. The monoisotopic (exact) mass is 313 g/mol. The maximum atomic E-state index is 12.4. The molecule has 1 aliphatic rings. The predicted molar refractivity (Wildman–Crippen MR) is 80.9 cm³/mol. The van der Waals surface area contributed by atoms with Crippen molar-refractivity contribution >= 4 is 10.0 Å². The minimum Gasteiger partial charge on any atom is -0.492 e. The van der Waals surface area contributed by atoms with E-state index in [9.17, 15) is 8.42 Å². The van der Waals surface area contributed by atoms with E-state index in [2.05, 4.69) is 21.5 Å². The Morgan fingerprint density at radius 1 is 1.48 bits per heavy atom. The minimum absolute atomic E-state index is 0.105. The van der Waals surface area contributed by atoms with Crippen LogP contribution in [0, 0.1) is 0 Å². The molecule has 0 saturated carbocycles.